The molecule has 0 unspecified atom stereocenters. The van der Waals surface area contributed by atoms with Crippen LogP contribution in [0.3, 0.4) is 0 Å². The molecular weight excluding hydrogens is 202 g/mol. The summed E-state index contributed by atoms with van der Waals surface area (Å²) < 4.78 is 0. The van der Waals surface area contributed by atoms with Crippen molar-refractivity contribution in [3.05, 3.63) is 28.8 Å². The van der Waals surface area contributed by atoms with Gasteiger partial charge in [-0.2, -0.15) is 0 Å². The number of nitrogens with two attached hydrogens (primary N) is 1. The molecule has 76 valence electrons. The number of halogens is 1. The van der Waals surface area contributed by atoms with Crippen molar-refractivity contribution in [3.63, 3.8) is 0 Å². The van der Waals surface area contributed by atoms with Crippen LogP contribution in [-0.4, -0.2) is 11.7 Å². The van der Waals surface area contributed by atoms with Gasteiger partial charge >= 0.3 is 0 Å². The zero-order valence-corrected chi connectivity index (χ0v) is 8.42. The molecule has 0 atom stereocenters. The van der Waals surface area contributed by atoms with Gasteiger partial charge in [0.15, 0.2) is 0 Å². The predicted octanol–water partition coefficient (Wildman–Crippen LogP) is 1.97. The molecule has 1 aliphatic rings. The average Bonchev–Trinajstić information content (AvgIpc) is 2.86. The van der Waals surface area contributed by atoms with Gasteiger partial charge in [-0.05, 0) is 25.0 Å². The molecule has 1 fully saturated rings. The summed E-state index contributed by atoms with van der Waals surface area (Å²) in [6.45, 7) is 0.407. The van der Waals surface area contributed by atoms with Crippen molar-refractivity contribution in [2.45, 2.75) is 18.3 Å². The summed E-state index contributed by atoms with van der Waals surface area (Å²) in [5.74, 6) is 5.30. The minimum atomic E-state index is -0.156. The summed E-state index contributed by atoms with van der Waals surface area (Å²) in [5.41, 5.74) is 0.615. The third-order valence-electron chi connectivity index (χ3n) is 2.74. The van der Waals surface area contributed by atoms with Gasteiger partial charge in [-0.3, -0.25) is 0 Å². The maximum atomic E-state index is 9.71. The molecule has 0 aromatic heterocycles. The minimum absolute atomic E-state index is 0.156. The molecule has 2 rings (SSSR count). The van der Waals surface area contributed by atoms with Crippen LogP contribution in [0.15, 0.2) is 18.2 Å². The van der Waals surface area contributed by atoms with Gasteiger partial charge in [0.05, 0.1) is 6.61 Å². The molecule has 3 N–H and O–H groups in total. The molecule has 0 radical (unpaired) electrons. The van der Waals surface area contributed by atoms with Crippen LogP contribution in [0.4, 0.5) is 0 Å². The summed E-state index contributed by atoms with van der Waals surface area (Å²) >= 11 is 6.03. The fourth-order valence-corrected chi connectivity index (χ4v) is 2.18. The highest BCUT2D eigenvalue weighted by molar-refractivity contribution is 6.31. The predicted molar refractivity (Wildman–Crippen MR) is 54.2 cm³/mol. The van der Waals surface area contributed by atoms with Crippen LogP contribution in [0.25, 0.3) is 0 Å². The lowest BCUT2D eigenvalue weighted by atomic mass is 9.96. The SMILES string of the molecule is NOCC1(c2c(O)cccc2Cl)CC1. The zero-order chi connectivity index (χ0) is 10.2. The van der Waals surface area contributed by atoms with E-state index in [0.29, 0.717) is 11.6 Å². The van der Waals surface area contributed by atoms with E-state index in [1.807, 2.05) is 0 Å². The van der Waals surface area contributed by atoms with Crippen LogP contribution >= 0.6 is 11.6 Å². The van der Waals surface area contributed by atoms with Crippen molar-refractivity contribution < 1.29 is 9.94 Å². The number of aromatic hydroxyl groups is 1. The molecule has 0 bridgehead atoms. The number of hydrogen-bond acceptors (Lipinski definition) is 3. The standard InChI is InChI=1S/C10H12ClNO2/c11-7-2-1-3-8(13)9(7)10(4-5-10)6-14-12/h1-3,13H,4-6,12H2. The molecule has 1 aromatic rings. The summed E-state index contributed by atoms with van der Waals surface area (Å²) in [5, 5.41) is 10.3. The Morgan fingerprint density at radius 3 is 2.71 bits per heavy atom. The maximum Gasteiger partial charge on any atom is 0.120 e. The summed E-state index contributed by atoms with van der Waals surface area (Å²) in [6.07, 6.45) is 1.92. The van der Waals surface area contributed by atoms with Crippen LogP contribution in [0.5, 0.6) is 5.75 Å². The van der Waals surface area contributed by atoms with Gasteiger partial charge in [0.2, 0.25) is 0 Å². The van der Waals surface area contributed by atoms with Gasteiger partial charge in [-0.25, -0.2) is 5.90 Å². The molecule has 14 heavy (non-hydrogen) atoms. The number of phenols is 1. The van der Waals surface area contributed by atoms with Gasteiger partial charge in [-0.15, -0.1) is 0 Å². The highest BCUT2D eigenvalue weighted by Gasteiger charge is 2.47. The second kappa shape index (κ2) is 3.42. The van der Waals surface area contributed by atoms with Crippen molar-refractivity contribution in [2.24, 2.45) is 5.90 Å². The first-order chi connectivity index (χ1) is 6.69. The molecule has 3 nitrogen and oxygen atoms in total. The largest absolute Gasteiger partial charge is 0.508 e. The average molecular weight is 214 g/mol. The van der Waals surface area contributed by atoms with E-state index in [-0.39, 0.29) is 11.2 Å². The van der Waals surface area contributed by atoms with Gasteiger partial charge in [0.25, 0.3) is 0 Å². The monoisotopic (exact) mass is 213 g/mol. The normalized spacial score (nSPS) is 18.1. The van der Waals surface area contributed by atoms with E-state index in [0.717, 1.165) is 18.4 Å². The quantitative estimate of drug-likeness (QED) is 0.755. The Bertz CT molecular complexity index is 330. The van der Waals surface area contributed by atoms with Crippen molar-refractivity contribution in [3.8, 4) is 5.75 Å². The van der Waals surface area contributed by atoms with Crippen molar-refractivity contribution in [1.82, 2.24) is 0 Å². The number of phenolic OH excluding ortho intramolecular Hbond substituents is 1. The summed E-state index contributed by atoms with van der Waals surface area (Å²) in [6, 6.07) is 5.13. The second-order valence-corrected chi connectivity index (χ2v) is 4.13. The van der Waals surface area contributed by atoms with E-state index in [1.165, 1.54) is 0 Å². The third kappa shape index (κ3) is 1.47. The Balaban J connectivity index is 2.40. The Morgan fingerprint density at radius 2 is 2.21 bits per heavy atom. The van der Waals surface area contributed by atoms with Crippen LogP contribution in [-0.2, 0) is 10.3 Å². The molecule has 1 aromatic carbocycles. The Labute approximate surface area is 87.4 Å². The van der Waals surface area contributed by atoms with Crippen LogP contribution < -0.4 is 5.90 Å². The van der Waals surface area contributed by atoms with Gasteiger partial charge in [-0.1, -0.05) is 17.7 Å². The molecule has 0 heterocycles. The lowest BCUT2D eigenvalue weighted by Gasteiger charge is -2.16. The molecule has 1 saturated carbocycles. The van der Waals surface area contributed by atoms with E-state index >= 15 is 0 Å². The Kier molecular flexibility index (Phi) is 2.39. The number of benzene rings is 1. The van der Waals surface area contributed by atoms with E-state index in [9.17, 15) is 5.11 Å². The molecule has 0 spiro atoms. The van der Waals surface area contributed by atoms with Crippen LogP contribution in [0.1, 0.15) is 18.4 Å². The lowest BCUT2D eigenvalue weighted by molar-refractivity contribution is 0.115. The fraction of sp³-hybridized carbons (Fsp3) is 0.400. The van der Waals surface area contributed by atoms with E-state index < -0.39 is 0 Å². The molecule has 1 aliphatic carbocycles. The van der Waals surface area contributed by atoms with Crippen molar-refractivity contribution in [2.75, 3.05) is 6.61 Å². The van der Waals surface area contributed by atoms with E-state index in [1.54, 1.807) is 18.2 Å². The lowest BCUT2D eigenvalue weighted by Crippen LogP contribution is -2.18. The first-order valence-electron chi connectivity index (χ1n) is 4.49. The first kappa shape index (κ1) is 9.77. The molecule has 0 saturated heterocycles. The number of hydrogen-bond donors (Lipinski definition) is 2. The van der Waals surface area contributed by atoms with Crippen LogP contribution in [0, 0.1) is 0 Å². The highest BCUT2D eigenvalue weighted by atomic mass is 35.5. The minimum Gasteiger partial charge on any atom is -0.508 e. The fourth-order valence-electron chi connectivity index (χ4n) is 1.81. The number of rotatable bonds is 3. The zero-order valence-electron chi connectivity index (χ0n) is 7.66. The van der Waals surface area contributed by atoms with Crippen molar-refractivity contribution >= 4 is 11.6 Å². The first-order valence-corrected chi connectivity index (χ1v) is 4.87. The van der Waals surface area contributed by atoms with E-state index in [4.69, 9.17) is 17.5 Å². The van der Waals surface area contributed by atoms with E-state index in [2.05, 4.69) is 4.84 Å². The highest BCUT2D eigenvalue weighted by Crippen LogP contribution is 2.53. The smallest absolute Gasteiger partial charge is 0.120 e. The summed E-state index contributed by atoms with van der Waals surface area (Å²) in [4.78, 5) is 4.66. The Morgan fingerprint density at radius 1 is 1.50 bits per heavy atom. The van der Waals surface area contributed by atoms with Gasteiger partial charge < -0.3 is 9.94 Å². The Hall–Kier alpha value is -0.770. The molecule has 0 aliphatic heterocycles. The third-order valence-corrected chi connectivity index (χ3v) is 3.05. The van der Waals surface area contributed by atoms with Crippen molar-refractivity contribution in [1.29, 1.82) is 0 Å². The summed E-state index contributed by atoms with van der Waals surface area (Å²) in [7, 11) is 0. The molecular formula is C10H12ClNO2. The van der Waals surface area contributed by atoms with Gasteiger partial charge in [0.1, 0.15) is 5.75 Å². The van der Waals surface area contributed by atoms with Gasteiger partial charge in [0, 0.05) is 16.0 Å². The van der Waals surface area contributed by atoms with Crippen LogP contribution in [0.2, 0.25) is 5.02 Å². The maximum absolute atomic E-state index is 9.71. The second-order valence-electron chi connectivity index (χ2n) is 3.73. The topological polar surface area (TPSA) is 55.5 Å². The molecule has 4 heteroatoms. The molecule has 0 amide bonds.